The molecule has 1 aliphatic carbocycles. The molecule has 1 saturated heterocycles. The molecule has 0 saturated carbocycles. The molecular weight excluding hydrogens is 358 g/mol. The Labute approximate surface area is 166 Å². The van der Waals surface area contributed by atoms with E-state index in [1.54, 1.807) is 24.6 Å². The maximum atomic E-state index is 13.1. The third-order valence-corrected chi connectivity index (χ3v) is 6.60. The largest absolute Gasteiger partial charge is 0.379 e. The summed E-state index contributed by atoms with van der Waals surface area (Å²) in [6.45, 7) is 3.05. The van der Waals surface area contributed by atoms with E-state index in [-0.39, 0.29) is 24.0 Å². The van der Waals surface area contributed by atoms with Crippen molar-refractivity contribution in [3.05, 3.63) is 40.4 Å². The Bertz CT molecular complexity index is 671. The number of likely N-dealkylation sites (tertiary alicyclic amines) is 1. The number of hydrogen-bond acceptors (Lipinski definition) is 5. The number of nitrogens with one attached hydrogen (secondary N) is 1. The molecule has 1 fully saturated rings. The lowest BCUT2D eigenvalue weighted by molar-refractivity contribution is -0.131. The van der Waals surface area contributed by atoms with Gasteiger partial charge in [-0.05, 0) is 51.3 Å². The third kappa shape index (κ3) is 5.06. The van der Waals surface area contributed by atoms with Crippen LogP contribution in [0.3, 0.4) is 0 Å². The summed E-state index contributed by atoms with van der Waals surface area (Å²) in [5, 5.41) is 6.18. The van der Waals surface area contributed by atoms with Crippen LogP contribution in [0.4, 0.5) is 0 Å². The first-order valence-corrected chi connectivity index (χ1v) is 10.8. The predicted octanol–water partition coefficient (Wildman–Crippen LogP) is 3.71. The van der Waals surface area contributed by atoms with E-state index in [1.165, 1.54) is 5.57 Å². The molecule has 27 heavy (non-hydrogen) atoms. The van der Waals surface area contributed by atoms with Gasteiger partial charge in [0.1, 0.15) is 5.01 Å². The van der Waals surface area contributed by atoms with Gasteiger partial charge in [-0.2, -0.15) is 0 Å². The maximum Gasteiger partial charge on any atom is 0.226 e. The van der Waals surface area contributed by atoms with E-state index in [4.69, 9.17) is 4.74 Å². The van der Waals surface area contributed by atoms with Crippen molar-refractivity contribution in [2.45, 2.75) is 57.2 Å². The van der Waals surface area contributed by atoms with Gasteiger partial charge in [-0.3, -0.25) is 4.79 Å². The average molecular weight is 390 g/mol. The quantitative estimate of drug-likeness (QED) is 0.736. The molecule has 148 valence electrons. The molecule has 1 N–H and O–H groups in total. The van der Waals surface area contributed by atoms with Crippen LogP contribution in [-0.2, 0) is 9.53 Å². The number of amides is 1. The zero-order valence-corrected chi connectivity index (χ0v) is 17.4. The molecule has 1 amide bonds. The standard InChI is InChI=1S/C21H31N3O2S/c1-15(19(26-3)18-10-7-12-24(18)2)20(25)23-17(21-22-11-13-27-21)14-16-8-5-4-6-9-16/h5,8-9,11,13,15,17-19H,4,6-7,10,12,14H2,1-3H3,(H,23,25). The van der Waals surface area contributed by atoms with Crippen LogP contribution in [0.1, 0.15) is 50.1 Å². The summed E-state index contributed by atoms with van der Waals surface area (Å²) < 4.78 is 5.77. The van der Waals surface area contributed by atoms with Crippen molar-refractivity contribution in [1.29, 1.82) is 0 Å². The number of thiazole rings is 1. The van der Waals surface area contributed by atoms with Crippen molar-refractivity contribution in [2.24, 2.45) is 5.92 Å². The van der Waals surface area contributed by atoms with Gasteiger partial charge in [-0.15, -0.1) is 11.3 Å². The van der Waals surface area contributed by atoms with Crippen molar-refractivity contribution in [1.82, 2.24) is 15.2 Å². The Morgan fingerprint density at radius 1 is 1.48 bits per heavy atom. The highest BCUT2D eigenvalue weighted by molar-refractivity contribution is 7.09. The molecular formula is C21H31N3O2S. The minimum Gasteiger partial charge on any atom is -0.379 e. The number of likely N-dealkylation sites (N-methyl/N-ethyl adjacent to an activating group) is 1. The average Bonchev–Trinajstić information content (AvgIpc) is 3.35. The fourth-order valence-corrected chi connectivity index (χ4v) is 4.85. The lowest BCUT2D eigenvalue weighted by atomic mass is 9.94. The number of allylic oxidation sites excluding steroid dienone is 3. The number of carbonyl (C=O) groups excluding carboxylic acids is 1. The Balaban J connectivity index is 1.69. The summed E-state index contributed by atoms with van der Waals surface area (Å²) in [5.41, 5.74) is 1.27. The Morgan fingerprint density at radius 3 is 2.93 bits per heavy atom. The molecule has 1 aliphatic heterocycles. The Hall–Kier alpha value is -1.50. The summed E-state index contributed by atoms with van der Waals surface area (Å²) >= 11 is 1.60. The zero-order valence-electron chi connectivity index (χ0n) is 16.6. The second-order valence-corrected chi connectivity index (χ2v) is 8.50. The van der Waals surface area contributed by atoms with Crippen LogP contribution < -0.4 is 5.32 Å². The first-order valence-electron chi connectivity index (χ1n) is 9.88. The second-order valence-electron chi connectivity index (χ2n) is 7.57. The number of rotatable bonds is 8. The van der Waals surface area contributed by atoms with E-state index < -0.39 is 0 Å². The molecule has 4 atom stereocenters. The van der Waals surface area contributed by atoms with Gasteiger partial charge in [0.2, 0.25) is 5.91 Å². The number of nitrogens with zero attached hydrogens (tertiary/aromatic N) is 2. The zero-order chi connectivity index (χ0) is 19.2. The second kappa shape index (κ2) is 9.62. The van der Waals surface area contributed by atoms with Gasteiger partial charge >= 0.3 is 0 Å². The highest BCUT2D eigenvalue weighted by Gasteiger charge is 2.36. The van der Waals surface area contributed by atoms with Crippen LogP contribution >= 0.6 is 11.3 Å². The van der Waals surface area contributed by atoms with Crippen LogP contribution in [0, 0.1) is 5.92 Å². The van der Waals surface area contributed by atoms with Crippen LogP contribution in [0.15, 0.2) is 35.4 Å². The lowest BCUT2D eigenvalue weighted by Gasteiger charge is -2.32. The summed E-state index contributed by atoms with van der Waals surface area (Å²) in [7, 11) is 3.84. The molecule has 1 aromatic rings. The molecule has 0 spiro atoms. The highest BCUT2D eigenvalue weighted by atomic mass is 32.1. The number of aromatic nitrogens is 1. The van der Waals surface area contributed by atoms with Gasteiger partial charge in [0.05, 0.1) is 18.1 Å². The topological polar surface area (TPSA) is 54.5 Å². The molecule has 0 radical (unpaired) electrons. The first kappa shape index (κ1) is 20.2. The SMILES string of the molecule is COC(C(C)C(=O)NC(CC1=CCCC=C1)c1nccs1)C1CCCN1C. The van der Waals surface area contributed by atoms with Crippen molar-refractivity contribution in [2.75, 3.05) is 20.7 Å². The molecule has 0 aromatic carbocycles. The minimum atomic E-state index is -0.209. The first-order chi connectivity index (χ1) is 13.1. The number of carbonyl (C=O) groups is 1. The molecule has 3 rings (SSSR count). The van der Waals surface area contributed by atoms with Gasteiger partial charge in [-0.25, -0.2) is 4.98 Å². The fraction of sp³-hybridized carbons (Fsp3) is 0.619. The monoisotopic (exact) mass is 389 g/mol. The van der Waals surface area contributed by atoms with Crippen LogP contribution in [0.2, 0.25) is 0 Å². The molecule has 2 aliphatic rings. The van der Waals surface area contributed by atoms with Gasteiger partial charge in [-0.1, -0.05) is 25.2 Å². The van der Waals surface area contributed by atoms with E-state index in [0.29, 0.717) is 6.04 Å². The van der Waals surface area contributed by atoms with Gasteiger partial charge in [0.25, 0.3) is 0 Å². The number of ether oxygens (including phenoxy) is 1. The summed E-state index contributed by atoms with van der Waals surface area (Å²) in [5.74, 6) is -0.165. The maximum absolute atomic E-state index is 13.1. The summed E-state index contributed by atoms with van der Waals surface area (Å²) in [6, 6.07) is 0.214. The number of hydrogen-bond donors (Lipinski definition) is 1. The molecule has 1 aromatic heterocycles. The molecule has 0 bridgehead atoms. The van der Waals surface area contributed by atoms with E-state index >= 15 is 0 Å². The number of methoxy groups -OCH3 is 1. The Morgan fingerprint density at radius 2 is 2.33 bits per heavy atom. The van der Waals surface area contributed by atoms with Crippen molar-refractivity contribution >= 4 is 17.2 Å². The van der Waals surface area contributed by atoms with Crippen molar-refractivity contribution in [3.8, 4) is 0 Å². The predicted molar refractivity (Wildman–Crippen MR) is 110 cm³/mol. The smallest absolute Gasteiger partial charge is 0.226 e. The molecule has 6 heteroatoms. The van der Waals surface area contributed by atoms with E-state index in [1.807, 2.05) is 12.3 Å². The lowest BCUT2D eigenvalue weighted by Crippen LogP contribution is -2.47. The van der Waals surface area contributed by atoms with Crippen molar-refractivity contribution < 1.29 is 9.53 Å². The van der Waals surface area contributed by atoms with Crippen LogP contribution in [0.25, 0.3) is 0 Å². The van der Waals surface area contributed by atoms with Gasteiger partial charge in [0.15, 0.2) is 0 Å². The van der Waals surface area contributed by atoms with E-state index in [0.717, 1.165) is 43.7 Å². The van der Waals surface area contributed by atoms with E-state index in [9.17, 15) is 4.79 Å². The van der Waals surface area contributed by atoms with Crippen molar-refractivity contribution in [3.63, 3.8) is 0 Å². The highest BCUT2D eigenvalue weighted by Crippen LogP contribution is 2.28. The third-order valence-electron chi connectivity index (χ3n) is 5.71. The van der Waals surface area contributed by atoms with Gasteiger partial charge < -0.3 is 15.0 Å². The summed E-state index contributed by atoms with van der Waals surface area (Å²) in [4.78, 5) is 19.9. The Kier molecular flexibility index (Phi) is 7.21. The normalized spacial score (nSPS) is 23.7. The van der Waals surface area contributed by atoms with Gasteiger partial charge in [0, 0.05) is 24.7 Å². The minimum absolute atomic E-state index is 0.0442. The van der Waals surface area contributed by atoms with Crippen LogP contribution in [0.5, 0.6) is 0 Å². The molecule has 4 unspecified atom stereocenters. The molecule has 2 heterocycles. The molecule has 5 nitrogen and oxygen atoms in total. The van der Waals surface area contributed by atoms with E-state index in [2.05, 4.69) is 40.5 Å². The summed E-state index contributed by atoms with van der Waals surface area (Å²) in [6.07, 6.45) is 13.5. The fourth-order valence-electron chi connectivity index (χ4n) is 4.16. The van der Waals surface area contributed by atoms with Crippen LogP contribution in [-0.4, -0.2) is 48.6 Å².